The van der Waals surface area contributed by atoms with Crippen LogP contribution in [0.25, 0.3) is 27.8 Å². The van der Waals surface area contributed by atoms with Crippen molar-refractivity contribution in [2.24, 2.45) is 0 Å². The van der Waals surface area contributed by atoms with E-state index in [-0.39, 0.29) is 5.56 Å². The van der Waals surface area contributed by atoms with Crippen LogP contribution in [0, 0.1) is 20.8 Å². The zero-order valence-corrected chi connectivity index (χ0v) is 18.2. The van der Waals surface area contributed by atoms with E-state index in [1.807, 2.05) is 57.2 Å². The molecule has 160 valence electrons. The first-order valence-electron chi connectivity index (χ1n) is 10.5. The highest BCUT2D eigenvalue weighted by Crippen LogP contribution is 2.22. The topological polar surface area (TPSA) is 101 Å². The van der Waals surface area contributed by atoms with E-state index < -0.39 is 0 Å². The molecule has 0 aliphatic carbocycles. The maximum atomic E-state index is 13.7. The highest BCUT2D eigenvalue weighted by Gasteiger charge is 2.17. The molecule has 8 heteroatoms. The van der Waals surface area contributed by atoms with Crippen molar-refractivity contribution in [2.75, 3.05) is 11.9 Å². The smallest absolute Gasteiger partial charge is 0.266 e. The molecule has 0 saturated carbocycles. The SMILES string of the molecule is Cc1cccc(C)c1-n1c(CCNc2ncnc3nc[nH]c23)nc2cccc(C)c2c1=O. The van der Waals surface area contributed by atoms with Gasteiger partial charge in [0.15, 0.2) is 11.5 Å². The molecule has 0 amide bonds. The quantitative estimate of drug-likeness (QED) is 0.446. The van der Waals surface area contributed by atoms with Crippen LogP contribution in [0.3, 0.4) is 0 Å². The van der Waals surface area contributed by atoms with Crippen LogP contribution in [0.15, 0.2) is 53.8 Å². The Kier molecular flexibility index (Phi) is 4.89. The summed E-state index contributed by atoms with van der Waals surface area (Å²) < 4.78 is 1.77. The Bertz CT molecular complexity index is 1500. The van der Waals surface area contributed by atoms with Crippen molar-refractivity contribution in [1.82, 2.24) is 29.5 Å². The molecule has 0 bridgehead atoms. The number of aromatic amines is 1. The molecule has 0 atom stereocenters. The molecule has 2 aromatic carbocycles. The maximum Gasteiger partial charge on any atom is 0.266 e. The van der Waals surface area contributed by atoms with Gasteiger partial charge in [-0.3, -0.25) is 9.36 Å². The summed E-state index contributed by atoms with van der Waals surface area (Å²) >= 11 is 0. The van der Waals surface area contributed by atoms with Crippen LogP contribution in [0.2, 0.25) is 0 Å². The first-order valence-corrected chi connectivity index (χ1v) is 10.5. The minimum Gasteiger partial charge on any atom is -0.368 e. The van der Waals surface area contributed by atoms with Crippen molar-refractivity contribution in [3.8, 4) is 5.69 Å². The van der Waals surface area contributed by atoms with Gasteiger partial charge in [0, 0.05) is 13.0 Å². The third-order valence-corrected chi connectivity index (χ3v) is 5.70. The number of aromatic nitrogens is 6. The number of H-pyrrole nitrogens is 1. The summed E-state index contributed by atoms with van der Waals surface area (Å²) in [6.07, 6.45) is 3.61. The number of hydrogen-bond acceptors (Lipinski definition) is 6. The van der Waals surface area contributed by atoms with E-state index in [9.17, 15) is 4.79 Å². The van der Waals surface area contributed by atoms with Gasteiger partial charge >= 0.3 is 0 Å². The monoisotopic (exact) mass is 425 g/mol. The van der Waals surface area contributed by atoms with Crippen LogP contribution in [0.4, 0.5) is 5.82 Å². The van der Waals surface area contributed by atoms with E-state index in [1.165, 1.54) is 6.33 Å². The zero-order chi connectivity index (χ0) is 22.2. The van der Waals surface area contributed by atoms with Crippen molar-refractivity contribution in [3.05, 3.63) is 81.9 Å². The predicted molar refractivity (Wildman–Crippen MR) is 125 cm³/mol. The molecule has 5 rings (SSSR count). The molecule has 0 aliphatic heterocycles. The number of benzene rings is 2. The first kappa shape index (κ1) is 19.9. The Morgan fingerprint density at radius 1 is 0.969 bits per heavy atom. The Morgan fingerprint density at radius 3 is 2.53 bits per heavy atom. The van der Waals surface area contributed by atoms with Gasteiger partial charge in [0.25, 0.3) is 5.56 Å². The van der Waals surface area contributed by atoms with Gasteiger partial charge in [-0.15, -0.1) is 0 Å². The van der Waals surface area contributed by atoms with Crippen molar-refractivity contribution in [1.29, 1.82) is 0 Å². The molecular weight excluding hydrogens is 402 g/mol. The summed E-state index contributed by atoms with van der Waals surface area (Å²) in [5.74, 6) is 1.37. The highest BCUT2D eigenvalue weighted by molar-refractivity contribution is 5.82. The van der Waals surface area contributed by atoms with Crippen LogP contribution in [0.5, 0.6) is 0 Å². The van der Waals surface area contributed by atoms with E-state index in [0.717, 1.165) is 27.9 Å². The molecular formula is C24H23N7O. The third kappa shape index (κ3) is 3.30. The number of para-hydroxylation sites is 1. The number of fused-ring (bicyclic) bond motifs is 2. The van der Waals surface area contributed by atoms with Gasteiger partial charge in [-0.2, -0.15) is 0 Å². The zero-order valence-electron chi connectivity index (χ0n) is 18.2. The lowest BCUT2D eigenvalue weighted by molar-refractivity contribution is 0.801. The largest absolute Gasteiger partial charge is 0.368 e. The van der Waals surface area contributed by atoms with Gasteiger partial charge in [0.05, 0.1) is 22.9 Å². The number of imidazole rings is 1. The predicted octanol–water partition coefficient (Wildman–Crippen LogP) is 3.63. The van der Waals surface area contributed by atoms with Crippen molar-refractivity contribution in [3.63, 3.8) is 0 Å². The molecule has 2 N–H and O–H groups in total. The summed E-state index contributed by atoms with van der Waals surface area (Å²) in [6.45, 7) is 6.54. The second-order valence-electron chi connectivity index (χ2n) is 7.88. The number of hydrogen-bond donors (Lipinski definition) is 2. The Labute approximate surface area is 184 Å². The van der Waals surface area contributed by atoms with Crippen LogP contribution in [-0.2, 0) is 6.42 Å². The number of aryl methyl sites for hydroxylation is 3. The minimum atomic E-state index is -0.0431. The van der Waals surface area contributed by atoms with E-state index in [2.05, 4.69) is 25.3 Å². The fourth-order valence-corrected chi connectivity index (χ4v) is 4.19. The Morgan fingerprint density at radius 2 is 1.72 bits per heavy atom. The van der Waals surface area contributed by atoms with Gasteiger partial charge < -0.3 is 10.3 Å². The van der Waals surface area contributed by atoms with Gasteiger partial charge in [0.2, 0.25) is 0 Å². The number of anilines is 1. The average Bonchev–Trinajstić information content (AvgIpc) is 3.25. The first-order chi connectivity index (χ1) is 15.5. The second kappa shape index (κ2) is 7.88. The molecule has 3 heterocycles. The van der Waals surface area contributed by atoms with Crippen LogP contribution >= 0.6 is 0 Å². The molecule has 0 spiro atoms. The molecule has 0 unspecified atom stereocenters. The highest BCUT2D eigenvalue weighted by atomic mass is 16.1. The Balaban J connectivity index is 1.60. The van der Waals surface area contributed by atoms with Crippen molar-refractivity contribution in [2.45, 2.75) is 27.2 Å². The van der Waals surface area contributed by atoms with Crippen molar-refractivity contribution >= 4 is 27.9 Å². The summed E-state index contributed by atoms with van der Waals surface area (Å²) in [6, 6.07) is 11.8. The Hall–Kier alpha value is -4.07. The van der Waals surface area contributed by atoms with E-state index in [1.54, 1.807) is 10.9 Å². The maximum absolute atomic E-state index is 13.7. The van der Waals surface area contributed by atoms with E-state index in [0.29, 0.717) is 41.2 Å². The molecule has 5 aromatic rings. The fraction of sp³-hybridized carbons (Fsp3) is 0.208. The molecule has 32 heavy (non-hydrogen) atoms. The van der Waals surface area contributed by atoms with Gasteiger partial charge in [-0.05, 0) is 43.5 Å². The summed E-state index contributed by atoms with van der Waals surface area (Å²) in [5, 5.41) is 3.99. The van der Waals surface area contributed by atoms with Crippen LogP contribution < -0.4 is 10.9 Å². The minimum absolute atomic E-state index is 0.0431. The standard InChI is InChI=1S/C24H23N7O/c1-14-6-5-9-17-19(14)24(32)31(21-15(2)7-4-8-16(21)3)18(30-17)10-11-25-22-20-23(27-12-26-20)29-13-28-22/h4-9,12-13H,10-11H2,1-3H3,(H2,25,26,27,28,29). The lowest BCUT2D eigenvalue weighted by Gasteiger charge is -2.18. The van der Waals surface area contributed by atoms with E-state index in [4.69, 9.17) is 4.98 Å². The number of rotatable bonds is 5. The molecule has 0 saturated heterocycles. The number of nitrogens with one attached hydrogen (secondary N) is 2. The summed E-state index contributed by atoms with van der Waals surface area (Å²) in [7, 11) is 0. The lowest BCUT2D eigenvalue weighted by Crippen LogP contribution is -2.27. The molecule has 3 aromatic heterocycles. The molecule has 0 aliphatic rings. The van der Waals surface area contributed by atoms with Crippen LogP contribution in [0.1, 0.15) is 22.5 Å². The normalized spacial score (nSPS) is 11.3. The van der Waals surface area contributed by atoms with Gasteiger partial charge in [-0.1, -0.05) is 30.3 Å². The summed E-state index contributed by atoms with van der Waals surface area (Å²) in [5.41, 5.74) is 5.91. The second-order valence-corrected chi connectivity index (χ2v) is 7.88. The summed E-state index contributed by atoms with van der Waals surface area (Å²) in [4.78, 5) is 34.3. The van der Waals surface area contributed by atoms with Crippen molar-refractivity contribution < 1.29 is 0 Å². The lowest BCUT2D eigenvalue weighted by atomic mass is 10.1. The van der Waals surface area contributed by atoms with E-state index >= 15 is 0 Å². The molecule has 0 radical (unpaired) electrons. The average molecular weight is 425 g/mol. The van der Waals surface area contributed by atoms with Gasteiger partial charge in [-0.25, -0.2) is 19.9 Å². The number of nitrogens with zero attached hydrogens (tertiary/aromatic N) is 5. The van der Waals surface area contributed by atoms with Gasteiger partial charge in [0.1, 0.15) is 17.7 Å². The van der Waals surface area contributed by atoms with Crippen LogP contribution in [-0.4, -0.2) is 36.0 Å². The molecule has 8 nitrogen and oxygen atoms in total. The molecule has 0 fully saturated rings. The third-order valence-electron chi connectivity index (χ3n) is 5.70. The fourth-order valence-electron chi connectivity index (χ4n) is 4.19.